The lowest BCUT2D eigenvalue weighted by Gasteiger charge is -2.46. The van der Waals surface area contributed by atoms with Crippen molar-refractivity contribution < 1.29 is 0 Å². The van der Waals surface area contributed by atoms with E-state index in [-0.39, 0.29) is 0 Å². The molecule has 94 valence electrons. The molecular formula is C14H28N2. The van der Waals surface area contributed by atoms with Gasteiger partial charge in [0, 0.05) is 25.2 Å². The molecule has 0 aliphatic heterocycles. The van der Waals surface area contributed by atoms with Crippen molar-refractivity contribution in [2.75, 3.05) is 13.1 Å². The molecule has 2 heteroatoms. The fourth-order valence-corrected chi connectivity index (χ4v) is 3.35. The zero-order valence-electron chi connectivity index (χ0n) is 11.0. The van der Waals surface area contributed by atoms with Gasteiger partial charge in [0.25, 0.3) is 0 Å². The van der Waals surface area contributed by atoms with Gasteiger partial charge in [-0.1, -0.05) is 20.3 Å². The Bertz CT molecular complexity index is 213. The molecule has 0 aromatic heterocycles. The Morgan fingerprint density at radius 3 is 2.25 bits per heavy atom. The van der Waals surface area contributed by atoms with Crippen molar-refractivity contribution in [3.63, 3.8) is 0 Å². The first-order chi connectivity index (χ1) is 7.72. The van der Waals surface area contributed by atoms with Gasteiger partial charge in [-0.2, -0.15) is 0 Å². The predicted octanol–water partition coefficient (Wildman–Crippen LogP) is 2.62. The summed E-state index contributed by atoms with van der Waals surface area (Å²) < 4.78 is 0. The van der Waals surface area contributed by atoms with E-state index in [1.165, 1.54) is 38.5 Å². The Hall–Kier alpha value is -0.0800. The standard InChI is InChI=1S/C14H28N2/c1-11-6-7-14(10-12(11)2)16(9-8-15)13-4-3-5-13/h11-14H,3-10,15H2,1-2H3. The van der Waals surface area contributed by atoms with Crippen LogP contribution < -0.4 is 5.73 Å². The van der Waals surface area contributed by atoms with E-state index in [2.05, 4.69) is 18.7 Å². The van der Waals surface area contributed by atoms with Crippen LogP contribution in [0.3, 0.4) is 0 Å². The van der Waals surface area contributed by atoms with Crippen molar-refractivity contribution in [3.8, 4) is 0 Å². The quantitative estimate of drug-likeness (QED) is 0.795. The fourth-order valence-electron chi connectivity index (χ4n) is 3.35. The highest BCUT2D eigenvalue weighted by molar-refractivity contribution is 4.89. The van der Waals surface area contributed by atoms with Crippen molar-refractivity contribution >= 4 is 0 Å². The van der Waals surface area contributed by atoms with Crippen LogP contribution in [-0.4, -0.2) is 30.1 Å². The Labute approximate surface area is 101 Å². The van der Waals surface area contributed by atoms with E-state index in [0.717, 1.165) is 37.0 Å². The van der Waals surface area contributed by atoms with Gasteiger partial charge in [-0.25, -0.2) is 0 Å². The summed E-state index contributed by atoms with van der Waals surface area (Å²) in [7, 11) is 0. The van der Waals surface area contributed by atoms with E-state index in [4.69, 9.17) is 5.73 Å². The number of nitrogens with zero attached hydrogens (tertiary/aromatic N) is 1. The Morgan fingerprint density at radius 1 is 1.00 bits per heavy atom. The maximum absolute atomic E-state index is 5.77. The molecule has 2 fully saturated rings. The highest BCUT2D eigenvalue weighted by atomic mass is 15.2. The minimum absolute atomic E-state index is 0.830. The average Bonchev–Trinajstić information content (AvgIpc) is 2.19. The number of rotatable bonds is 4. The first kappa shape index (κ1) is 12.4. The molecule has 0 aromatic rings. The van der Waals surface area contributed by atoms with Gasteiger partial charge in [-0.15, -0.1) is 0 Å². The van der Waals surface area contributed by atoms with Gasteiger partial charge in [-0.3, -0.25) is 4.90 Å². The molecule has 2 saturated carbocycles. The molecule has 2 aliphatic carbocycles. The molecule has 3 atom stereocenters. The highest BCUT2D eigenvalue weighted by Gasteiger charge is 2.33. The number of hydrogen-bond acceptors (Lipinski definition) is 2. The molecule has 0 saturated heterocycles. The van der Waals surface area contributed by atoms with E-state index >= 15 is 0 Å². The van der Waals surface area contributed by atoms with E-state index in [0.29, 0.717) is 0 Å². The maximum Gasteiger partial charge on any atom is 0.0110 e. The number of hydrogen-bond donors (Lipinski definition) is 1. The lowest BCUT2D eigenvalue weighted by Crippen LogP contribution is -2.50. The molecule has 2 nitrogen and oxygen atoms in total. The average molecular weight is 224 g/mol. The van der Waals surface area contributed by atoms with E-state index in [9.17, 15) is 0 Å². The fraction of sp³-hybridized carbons (Fsp3) is 1.00. The van der Waals surface area contributed by atoms with Crippen molar-refractivity contribution in [3.05, 3.63) is 0 Å². The van der Waals surface area contributed by atoms with Crippen LogP contribution in [0.15, 0.2) is 0 Å². The second kappa shape index (κ2) is 5.50. The SMILES string of the molecule is CC1CCC(N(CCN)C2CCC2)CC1C. The van der Waals surface area contributed by atoms with Gasteiger partial charge < -0.3 is 5.73 Å². The van der Waals surface area contributed by atoms with Crippen LogP contribution in [0.1, 0.15) is 52.4 Å². The Balaban J connectivity index is 1.91. The van der Waals surface area contributed by atoms with Gasteiger partial charge in [-0.05, 0) is 43.9 Å². The summed E-state index contributed by atoms with van der Waals surface area (Å²) in [6.07, 6.45) is 8.49. The topological polar surface area (TPSA) is 29.3 Å². The first-order valence-corrected chi connectivity index (χ1v) is 7.18. The van der Waals surface area contributed by atoms with Crippen molar-refractivity contribution in [1.82, 2.24) is 4.90 Å². The third kappa shape index (κ3) is 2.60. The highest BCUT2D eigenvalue weighted by Crippen LogP contribution is 2.35. The third-order valence-corrected chi connectivity index (χ3v) is 4.97. The van der Waals surface area contributed by atoms with Gasteiger partial charge in [0.1, 0.15) is 0 Å². The molecule has 2 rings (SSSR count). The van der Waals surface area contributed by atoms with Crippen molar-refractivity contribution in [2.45, 2.75) is 64.5 Å². The lowest BCUT2D eigenvalue weighted by atomic mass is 9.77. The normalized spacial score (nSPS) is 36.4. The van der Waals surface area contributed by atoms with Crippen molar-refractivity contribution in [2.24, 2.45) is 17.6 Å². The first-order valence-electron chi connectivity index (χ1n) is 7.18. The molecule has 0 heterocycles. The van der Waals surface area contributed by atoms with Crippen LogP contribution in [0.25, 0.3) is 0 Å². The molecule has 2 aliphatic rings. The predicted molar refractivity (Wildman–Crippen MR) is 69.4 cm³/mol. The van der Waals surface area contributed by atoms with Crippen LogP contribution in [0.2, 0.25) is 0 Å². The van der Waals surface area contributed by atoms with E-state index in [1.54, 1.807) is 0 Å². The van der Waals surface area contributed by atoms with Gasteiger partial charge >= 0.3 is 0 Å². The lowest BCUT2D eigenvalue weighted by molar-refractivity contribution is 0.0403. The molecule has 0 bridgehead atoms. The van der Waals surface area contributed by atoms with E-state index < -0.39 is 0 Å². The minimum Gasteiger partial charge on any atom is -0.329 e. The smallest absolute Gasteiger partial charge is 0.0110 e. The Kier molecular flexibility index (Phi) is 4.26. The summed E-state index contributed by atoms with van der Waals surface area (Å²) in [6.45, 7) is 6.79. The summed E-state index contributed by atoms with van der Waals surface area (Å²) >= 11 is 0. The number of nitrogens with two attached hydrogens (primary N) is 1. The molecular weight excluding hydrogens is 196 g/mol. The monoisotopic (exact) mass is 224 g/mol. The molecule has 0 aromatic carbocycles. The summed E-state index contributed by atoms with van der Waals surface area (Å²) in [5.41, 5.74) is 5.77. The maximum atomic E-state index is 5.77. The summed E-state index contributed by atoms with van der Waals surface area (Å²) in [5.74, 6) is 1.83. The molecule has 16 heavy (non-hydrogen) atoms. The second-order valence-electron chi connectivity index (χ2n) is 6.03. The summed E-state index contributed by atoms with van der Waals surface area (Å²) in [5, 5.41) is 0. The second-order valence-corrected chi connectivity index (χ2v) is 6.03. The van der Waals surface area contributed by atoms with E-state index in [1.807, 2.05) is 0 Å². The van der Waals surface area contributed by atoms with Crippen LogP contribution in [0.4, 0.5) is 0 Å². The third-order valence-electron chi connectivity index (χ3n) is 4.97. The summed E-state index contributed by atoms with van der Waals surface area (Å²) in [4.78, 5) is 2.74. The van der Waals surface area contributed by atoms with Gasteiger partial charge in [0.05, 0.1) is 0 Å². The van der Waals surface area contributed by atoms with Gasteiger partial charge in [0.15, 0.2) is 0 Å². The van der Waals surface area contributed by atoms with Crippen LogP contribution >= 0.6 is 0 Å². The van der Waals surface area contributed by atoms with Crippen LogP contribution in [0, 0.1) is 11.8 Å². The van der Waals surface area contributed by atoms with Gasteiger partial charge in [0.2, 0.25) is 0 Å². The largest absolute Gasteiger partial charge is 0.329 e. The van der Waals surface area contributed by atoms with Crippen LogP contribution in [0.5, 0.6) is 0 Å². The molecule has 0 radical (unpaired) electrons. The zero-order chi connectivity index (χ0) is 11.5. The minimum atomic E-state index is 0.830. The van der Waals surface area contributed by atoms with Crippen LogP contribution in [-0.2, 0) is 0 Å². The molecule has 2 N–H and O–H groups in total. The summed E-state index contributed by atoms with van der Waals surface area (Å²) in [6, 6.07) is 1.70. The van der Waals surface area contributed by atoms with Crippen molar-refractivity contribution in [1.29, 1.82) is 0 Å². The molecule has 0 spiro atoms. The zero-order valence-corrected chi connectivity index (χ0v) is 11.0. The molecule has 0 amide bonds. The molecule has 3 unspecified atom stereocenters. The Morgan fingerprint density at radius 2 is 1.75 bits per heavy atom.